The van der Waals surface area contributed by atoms with Crippen LogP contribution in [0.5, 0.6) is 0 Å². The second-order valence-electron chi connectivity index (χ2n) is 4.88. The molecule has 2 aliphatic rings. The van der Waals surface area contributed by atoms with Gasteiger partial charge in [0, 0.05) is 5.75 Å². The van der Waals surface area contributed by atoms with E-state index in [2.05, 4.69) is 27.4 Å². The Balaban J connectivity index is 0.00000192. The summed E-state index contributed by atoms with van der Waals surface area (Å²) < 4.78 is 1.22. The van der Waals surface area contributed by atoms with E-state index in [1.165, 1.54) is 27.7 Å². The summed E-state index contributed by atoms with van der Waals surface area (Å²) >= 11 is 1.36. The molecule has 2 unspecified atom stereocenters. The van der Waals surface area contributed by atoms with Crippen molar-refractivity contribution in [2.45, 2.75) is 24.0 Å². The number of hydrogen-bond donors (Lipinski definition) is 1. The van der Waals surface area contributed by atoms with Crippen molar-refractivity contribution in [2.24, 2.45) is 0 Å². The predicted molar refractivity (Wildman–Crippen MR) is 70.8 cm³/mol. The van der Waals surface area contributed by atoms with Crippen LogP contribution in [0, 0.1) is 0 Å². The average molecular weight is 346 g/mol. The Labute approximate surface area is 156 Å². The van der Waals surface area contributed by atoms with Crippen LogP contribution < -0.4 is 40.0 Å². The zero-order valence-electron chi connectivity index (χ0n) is 12.2. The van der Waals surface area contributed by atoms with E-state index in [-0.39, 0.29) is 36.1 Å². The maximum Gasteiger partial charge on any atom is 1.00 e. The van der Waals surface area contributed by atoms with Crippen molar-refractivity contribution >= 4 is 29.5 Å². The number of carbonyl (C=O) groups excluding carboxylic acids is 3. The summed E-state index contributed by atoms with van der Waals surface area (Å²) in [6.07, 6.45) is 1.28. The molecule has 23 heavy (non-hydrogen) atoms. The van der Waals surface area contributed by atoms with Crippen LogP contribution in [0.2, 0.25) is 0 Å². The zero-order valence-corrected chi connectivity index (χ0v) is 15.0. The molecule has 1 N–H and O–H groups in total. The van der Waals surface area contributed by atoms with Crippen molar-refractivity contribution in [1.82, 2.24) is 30.4 Å². The first-order chi connectivity index (χ1) is 10.5. The van der Waals surface area contributed by atoms with E-state index in [0.29, 0.717) is 11.3 Å². The monoisotopic (exact) mass is 346 g/mol. The Morgan fingerprint density at radius 3 is 2.87 bits per heavy atom. The summed E-state index contributed by atoms with van der Waals surface area (Å²) in [5.41, 5.74) is 0.410. The smallest absolute Gasteiger partial charge is 0.548 e. The standard InChI is InChI=1S/C11H12N6O4S.Na/c1-5-3-22-10-7(9(19)17(10)8(5)11(20)21)13-6(18)2-16-4-12-14-15-16;/h4,7-8,10H,1-3H2,(H,13,18)(H,20,21);/q;+1/p-1/t7?,8?,10-;/m0./s1. The maximum atomic E-state index is 12.1. The molecule has 2 amide bonds. The molecule has 0 radical (unpaired) electrons. The van der Waals surface area contributed by atoms with E-state index < -0.39 is 35.2 Å². The Kier molecular flexibility index (Phi) is 5.45. The Bertz CT molecular complexity index is 653. The Morgan fingerprint density at radius 2 is 2.26 bits per heavy atom. The van der Waals surface area contributed by atoms with Gasteiger partial charge in [-0.3, -0.25) is 9.59 Å². The SMILES string of the molecule is C=C1CS[C@H]2C(NC(=O)Cn3cnnn3)C(=O)N2C1C(=O)[O-].[Na+]. The van der Waals surface area contributed by atoms with Crippen LogP contribution in [0.15, 0.2) is 18.5 Å². The van der Waals surface area contributed by atoms with Gasteiger partial charge in [0.1, 0.15) is 24.3 Å². The summed E-state index contributed by atoms with van der Waals surface area (Å²) in [5.74, 6) is -1.85. The molecule has 0 bridgehead atoms. The zero-order chi connectivity index (χ0) is 15.9. The fraction of sp³-hybridized carbons (Fsp3) is 0.455. The number of nitrogens with zero attached hydrogens (tertiary/aromatic N) is 5. The van der Waals surface area contributed by atoms with E-state index in [0.717, 1.165) is 0 Å². The third-order valence-electron chi connectivity index (χ3n) is 3.42. The van der Waals surface area contributed by atoms with Crippen LogP contribution in [0.4, 0.5) is 0 Å². The van der Waals surface area contributed by atoms with Gasteiger partial charge < -0.3 is 20.1 Å². The van der Waals surface area contributed by atoms with Gasteiger partial charge in [-0.15, -0.1) is 16.9 Å². The first kappa shape index (κ1) is 17.9. The number of carboxylic acid groups (broad SMARTS) is 1. The summed E-state index contributed by atoms with van der Waals surface area (Å²) in [5, 5.41) is 23.6. The second kappa shape index (κ2) is 6.99. The number of β-lactam (4-membered cyclic amide) rings is 1. The number of nitrogens with one attached hydrogen (secondary N) is 1. The number of rotatable bonds is 4. The number of hydrogen-bond acceptors (Lipinski definition) is 8. The molecule has 0 spiro atoms. The molecule has 3 rings (SSSR count). The van der Waals surface area contributed by atoms with Crippen molar-refractivity contribution in [2.75, 3.05) is 5.75 Å². The fourth-order valence-electron chi connectivity index (χ4n) is 2.44. The first-order valence-corrected chi connectivity index (χ1v) is 7.36. The van der Waals surface area contributed by atoms with E-state index in [1.54, 1.807) is 0 Å². The van der Waals surface area contributed by atoms with Gasteiger partial charge in [-0.05, 0) is 16.0 Å². The molecule has 1 aromatic rings. The van der Waals surface area contributed by atoms with Crippen LogP contribution in [0.1, 0.15) is 0 Å². The minimum Gasteiger partial charge on any atom is -0.548 e. The van der Waals surface area contributed by atoms with Crippen molar-refractivity contribution in [3.63, 3.8) is 0 Å². The molecule has 3 atom stereocenters. The molecule has 0 aromatic carbocycles. The number of amides is 2. The van der Waals surface area contributed by atoms with E-state index in [9.17, 15) is 19.5 Å². The van der Waals surface area contributed by atoms with Gasteiger partial charge in [-0.2, -0.15) is 0 Å². The van der Waals surface area contributed by atoms with Crippen molar-refractivity contribution in [3.05, 3.63) is 18.5 Å². The van der Waals surface area contributed by atoms with Gasteiger partial charge in [-0.1, -0.05) is 6.58 Å². The number of carboxylic acids is 1. The number of thioether (sulfide) groups is 1. The van der Waals surface area contributed by atoms with Crippen molar-refractivity contribution < 1.29 is 49.0 Å². The molecular formula is C11H11N6NaO4S. The Morgan fingerprint density at radius 1 is 1.52 bits per heavy atom. The molecule has 1 aromatic heterocycles. The molecule has 10 nitrogen and oxygen atoms in total. The molecular weight excluding hydrogens is 335 g/mol. The van der Waals surface area contributed by atoms with Crippen molar-refractivity contribution in [1.29, 1.82) is 0 Å². The quantitative estimate of drug-likeness (QED) is 0.323. The summed E-state index contributed by atoms with van der Waals surface area (Å²) in [4.78, 5) is 36.3. The fourth-order valence-corrected chi connectivity index (χ4v) is 3.74. The van der Waals surface area contributed by atoms with E-state index in [4.69, 9.17) is 0 Å². The normalized spacial score (nSPS) is 25.9. The van der Waals surface area contributed by atoms with Crippen molar-refractivity contribution in [3.8, 4) is 0 Å². The number of aliphatic carboxylic acids is 1. The first-order valence-electron chi connectivity index (χ1n) is 6.31. The van der Waals surface area contributed by atoms with Gasteiger partial charge in [0.15, 0.2) is 0 Å². The minimum atomic E-state index is -1.36. The summed E-state index contributed by atoms with van der Waals surface area (Å²) in [6, 6.07) is -1.89. The molecule has 0 aliphatic carbocycles. The number of aromatic nitrogens is 4. The maximum absolute atomic E-state index is 12.1. The molecule has 116 valence electrons. The Hall–Kier alpha value is -1.43. The number of tetrazole rings is 1. The number of fused-ring (bicyclic) bond motifs is 1. The van der Waals surface area contributed by atoms with Gasteiger partial charge in [-0.25, -0.2) is 4.68 Å². The summed E-state index contributed by atoms with van der Waals surface area (Å²) in [7, 11) is 0. The molecule has 12 heteroatoms. The third kappa shape index (κ3) is 3.27. The van der Waals surface area contributed by atoms with Gasteiger partial charge in [0.25, 0.3) is 0 Å². The van der Waals surface area contributed by atoms with Crippen LogP contribution in [0.3, 0.4) is 0 Å². The van der Waals surface area contributed by atoms with Crippen LogP contribution >= 0.6 is 11.8 Å². The third-order valence-corrected chi connectivity index (χ3v) is 4.80. The van der Waals surface area contributed by atoms with Gasteiger partial charge >= 0.3 is 29.6 Å². The van der Waals surface area contributed by atoms with Gasteiger partial charge in [0.05, 0.1) is 12.0 Å². The van der Waals surface area contributed by atoms with Crippen LogP contribution in [0.25, 0.3) is 0 Å². The van der Waals surface area contributed by atoms with E-state index >= 15 is 0 Å². The minimum absolute atomic E-state index is 0. The second-order valence-corrected chi connectivity index (χ2v) is 5.98. The van der Waals surface area contributed by atoms with Gasteiger partial charge in [0.2, 0.25) is 11.8 Å². The summed E-state index contributed by atoms with van der Waals surface area (Å²) in [6.45, 7) is 3.54. The van der Waals surface area contributed by atoms with Crippen LogP contribution in [-0.2, 0) is 20.9 Å². The number of carbonyl (C=O) groups is 3. The largest absolute Gasteiger partial charge is 1.00 e. The van der Waals surface area contributed by atoms with Crippen LogP contribution in [-0.4, -0.2) is 66.1 Å². The van der Waals surface area contributed by atoms with E-state index in [1.807, 2.05) is 0 Å². The molecule has 2 aliphatic heterocycles. The molecule has 2 saturated heterocycles. The molecule has 0 saturated carbocycles. The topological polar surface area (TPSA) is 133 Å². The average Bonchev–Trinajstić information content (AvgIpc) is 2.97. The molecule has 3 heterocycles. The predicted octanol–water partition coefficient (Wildman–Crippen LogP) is -6.25. The molecule has 2 fully saturated rings.